The van der Waals surface area contributed by atoms with Crippen molar-refractivity contribution in [2.75, 3.05) is 29.2 Å². The number of esters is 1. The van der Waals surface area contributed by atoms with Crippen LogP contribution in [0.1, 0.15) is 45.9 Å². The first-order valence-corrected chi connectivity index (χ1v) is 15.7. The number of ether oxygens (including phenoxy) is 2. The molecule has 0 bridgehead atoms. The van der Waals surface area contributed by atoms with Crippen LogP contribution in [0, 0.1) is 6.92 Å². The SMILES string of the molecule is CCOC(=O)c1c(NC(=O)C(CC)Sc2cccc(NC(=O)COc3ccccc3)c2)sc(C(=O)Nc2ccccc2)c1C. The molecule has 1 heterocycles. The van der Waals surface area contributed by atoms with E-state index in [1.165, 1.54) is 11.8 Å². The molecule has 0 fully saturated rings. The van der Waals surface area contributed by atoms with E-state index in [1.807, 2.05) is 37.3 Å². The minimum atomic E-state index is -0.615. The van der Waals surface area contributed by atoms with E-state index in [4.69, 9.17) is 9.47 Å². The molecule has 1 atom stereocenters. The molecule has 0 radical (unpaired) electrons. The molecule has 1 unspecified atom stereocenters. The number of hydrogen-bond acceptors (Lipinski definition) is 8. The Hall–Kier alpha value is -4.61. The summed E-state index contributed by atoms with van der Waals surface area (Å²) in [5.41, 5.74) is 1.76. The lowest BCUT2D eigenvalue weighted by atomic mass is 10.1. The van der Waals surface area contributed by atoms with E-state index in [0.717, 1.165) is 16.2 Å². The van der Waals surface area contributed by atoms with Gasteiger partial charge in [-0.15, -0.1) is 23.1 Å². The quantitative estimate of drug-likeness (QED) is 0.107. The molecule has 228 valence electrons. The zero-order valence-electron chi connectivity index (χ0n) is 24.5. The summed E-state index contributed by atoms with van der Waals surface area (Å²) in [5.74, 6) is -1.05. The zero-order valence-corrected chi connectivity index (χ0v) is 26.2. The maximum absolute atomic E-state index is 13.5. The van der Waals surface area contributed by atoms with Gasteiger partial charge in [0.05, 0.1) is 22.3 Å². The second-order valence-corrected chi connectivity index (χ2v) is 11.8. The average molecular weight is 632 g/mol. The number of thioether (sulfide) groups is 1. The molecule has 0 saturated carbocycles. The van der Waals surface area contributed by atoms with E-state index in [2.05, 4.69) is 16.0 Å². The van der Waals surface area contributed by atoms with Gasteiger partial charge >= 0.3 is 5.97 Å². The van der Waals surface area contributed by atoms with Crippen LogP contribution < -0.4 is 20.7 Å². The van der Waals surface area contributed by atoms with Crippen LogP contribution in [0.25, 0.3) is 0 Å². The molecular formula is C33H33N3O6S2. The Bertz CT molecular complexity index is 1610. The molecule has 0 aliphatic heterocycles. The van der Waals surface area contributed by atoms with Crippen LogP contribution in [0.3, 0.4) is 0 Å². The van der Waals surface area contributed by atoms with Crippen LogP contribution >= 0.6 is 23.1 Å². The fraction of sp³-hybridized carbons (Fsp3) is 0.212. The van der Waals surface area contributed by atoms with E-state index in [0.29, 0.717) is 34.0 Å². The van der Waals surface area contributed by atoms with Gasteiger partial charge in [-0.05, 0) is 68.3 Å². The number of para-hydroxylation sites is 2. The number of nitrogens with one attached hydrogen (secondary N) is 3. The number of benzene rings is 3. The molecule has 9 nitrogen and oxygen atoms in total. The van der Waals surface area contributed by atoms with Crippen molar-refractivity contribution in [3.63, 3.8) is 0 Å². The second-order valence-electron chi connectivity index (χ2n) is 9.48. The first-order valence-electron chi connectivity index (χ1n) is 14.0. The monoisotopic (exact) mass is 631 g/mol. The first kappa shape index (κ1) is 32.3. The predicted molar refractivity (Wildman–Crippen MR) is 175 cm³/mol. The predicted octanol–water partition coefficient (Wildman–Crippen LogP) is 7.01. The first-order chi connectivity index (χ1) is 21.3. The second kappa shape index (κ2) is 15.7. The Kier molecular flexibility index (Phi) is 11.6. The van der Waals surface area contributed by atoms with Crippen molar-refractivity contribution in [1.82, 2.24) is 0 Å². The van der Waals surface area contributed by atoms with Crippen molar-refractivity contribution < 1.29 is 28.7 Å². The molecule has 0 saturated heterocycles. The molecule has 3 aromatic carbocycles. The molecule has 0 aliphatic carbocycles. The molecule has 44 heavy (non-hydrogen) atoms. The van der Waals surface area contributed by atoms with Gasteiger partial charge in [-0.2, -0.15) is 0 Å². The van der Waals surface area contributed by atoms with E-state index in [9.17, 15) is 19.2 Å². The van der Waals surface area contributed by atoms with Gasteiger partial charge in [0.15, 0.2) is 6.61 Å². The van der Waals surface area contributed by atoms with Crippen molar-refractivity contribution in [2.24, 2.45) is 0 Å². The minimum absolute atomic E-state index is 0.143. The van der Waals surface area contributed by atoms with E-state index in [1.54, 1.807) is 68.4 Å². The summed E-state index contributed by atoms with van der Waals surface area (Å²) in [5, 5.41) is 8.24. The van der Waals surface area contributed by atoms with Crippen molar-refractivity contribution in [1.29, 1.82) is 0 Å². The Balaban J connectivity index is 1.45. The van der Waals surface area contributed by atoms with E-state index < -0.39 is 11.2 Å². The Morgan fingerprint density at radius 2 is 1.52 bits per heavy atom. The normalized spacial score (nSPS) is 11.2. The molecule has 1 aromatic heterocycles. The van der Waals surface area contributed by atoms with Crippen molar-refractivity contribution >= 4 is 63.2 Å². The smallest absolute Gasteiger partial charge is 0.341 e. The fourth-order valence-corrected chi connectivity index (χ4v) is 6.27. The van der Waals surface area contributed by atoms with Crippen LogP contribution in [-0.2, 0) is 14.3 Å². The summed E-state index contributed by atoms with van der Waals surface area (Å²) in [7, 11) is 0. The van der Waals surface area contributed by atoms with E-state index >= 15 is 0 Å². The van der Waals surface area contributed by atoms with Crippen LogP contribution in [-0.4, -0.2) is 42.2 Å². The van der Waals surface area contributed by atoms with Gasteiger partial charge in [0.25, 0.3) is 11.8 Å². The highest BCUT2D eigenvalue weighted by Gasteiger charge is 2.28. The summed E-state index contributed by atoms with van der Waals surface area (Å²) < 4.78 is 10.8. The summed E-state index contributed by atoms with van der Waals surface area (Å²) in [4.78, 5) is 53.0. The maximum atomic E-state index is 13.5. The zero-order chi connectivity index (χ0) is 31.5. The molecule has 3 amide bonds. The van der Waals surface area contributed by atoms with Crippen LogP contribution in [0.4, 0.5) is 16.4 Å². The highest BCUT2D eigenvalue weighted by molar-refractivity contribution is 8.00. The van der Waals surface area contributed by atoms with Crippen LogP contribution in [0.2, 0.25) is 0 Å². The molecule has 3 N–H and O–H groups in total. The van der Waals surface area contributed by atoms with Crippen molar-refractivity contribution in [3.05, 3.63) is 101 Å². The average Bonchev–Trinajstić information content (AvgIpc) is 3.35. The molecular weight excluding hydrogens is 599 g/mol. The maximum Gasteiger partial charge on any atom is 0.341 e. The molecule has 4 aromatic rings. The summed E-state index contributed by atoms with van der Waals surface area (Å²) in [6.45, 7) is 5.24. The van der Waals surface area contributed by atoms with Gasteiger partial charge in [0.2, 0.25) is 5.91 Å². The highest BCUT2D eigenvalue weighted by Crippen LogP contribution is 2.36. The largest absolute Gasteiger partial charge is 0.484 e. The number of carbonyl (C=O) groups excluding carboxylic acids is 4. The topological polar surface area (TPSA) is 123 Å². The van der Waals surface area contributed by atoms with E-state index in [-0.39, 0.29) is 41.5 Å². The molecule has 0 aliphatic rings. The molecule has 0 spiro atoms. The minimum Gasteiger partial charge on any atom is -0.484 e. The lowest BCUT2D eigenvalue weighted by Gasteiger charge is -2.15. The van der Waals surface area contributed by atoms with Gasteiger partial charge in [-0.3, -0.25) is 14.4 Å². The van der Waals surface area contributed by atoms with Crippen molar-refractivity contribution in [2.45, 2.75) is 37.3 Å². The lowest BCUT2D eigenvalue weighted by Crippen LogP contribution is -2.25. The number of thiophene rings is 1. The van der Waals surface area contributed by atoms with Gasteiger partial charge in [-0.1, -0.05) is 49.4 Å². The third-order valence-electron chi connectivity index (χ3n) is 6.27. The van der Waals surface area contributed by atoms with Crippen LogP contribution in [0.5, 0.6) is 5.75 Å². The Morgan fingerprint density at radius 1 is 0.841 bits per heavy atom. The summed E-state index contributed by atoms with van der Waals surface area (Å²) >= 11 is 2.35. The van der Waals surface area contributed by atoms with Gasteiger partial charge in [-0.25, -0.2) is 4.79 Å². The Labute approximate surface area is 264 Å². The Morgan fingerprint density at radius 3 is 2.20 bits per heavy atom. The summed E-state index contributed by atoms with van der Waals surface area (Å²) in [6.07, 6.45) is 0.485. The molecule has 4 rings (SSSR count). The van der Waals surface area contributed by atoms with Crippen LogP contribution in [0.15, 0.2) is 89.8 Å². The van der Waals surface area contributed by atoms with Gasteiger partial charge in [0, 0.05) is 16.3 Å². The summed E-state index contributed by atoms with van der Waals surface area (Å²) in [6, 6.07) is 25.2. The fourth-order valence-electron chi connectivity index (χ4n) is 4.17. The number of rotatable bonds is 13. The highest BCUT2D eigenvalue weighted by atomic mass is 32.2. The number of carbonyl (C=O) groups is 4. The lowest BCUT2D eigenvalue weighted by molar-refractivity contribution is -0.118. The third kappa shape index (κ3) is 8.71. The van der Waals surface area contributed by atoms with Crippen molar-refractivity contribution in [3.8, 4) is 5.75 Å². The van der Waals surface area contributed by atoms with Gasteiger partial charge in [0.1, 0.15) is 10.8 Å². The standard InChI is InChI=1S/C33H33N3O6S2/c1-4-26(43-25-18-12-15-23(19-25)34-27(37)20-42-24-16-10-7-11-17-24)30(38)36-32-28(33(40)41-5-2)21(3)29(44-32)31(39)35-22-13-8-6-9-14-22/h6-19,26H,4-5,20H2,1-3H3,(H,34,37)(H,35,39)(H,36,38). The number of anilines is 3. The van der Waals surface area contributed by atoms with Gasteiger partial charge < -0.3 is 25.4 Å². The number of hydrogen-bond donors (Lipinski definition) is 3. The molecule has 11 heteroatoms. The number of amides is 3. The third-order valence-corrected chi connectivity index (χ3v) is 8.84.